The minimum absolute atomic E-state index is 0.0887. The van der Waals surface area contributed by atoms with Crippen LogP contribution in [0.15, 0.2) is 41.3 Å². The number of likely N-dealkylation sites (N-methyl/N-ethyl adjacent to an activating group) is 1. The number of hydrogen-bond acceptors (Lipinski definition) is 3. The topological polar surface area (TPSA) is 75.3 Å². The van der Waals surface area contributed by atoms with E-state index in [4.69, 9.17) is 0 Å². The van der Waals surface area contributed by atoms with E-state index in [1.807, 2.05) is 19.1 Å². The molecule has 0 unspecified atom stereocenters. The van der Waals surface area contributed by atoms with Crippen LogP contribution in [0, 0.1) is 20.8 Å². The van der Waals surface area contributed by atoms with Gasteiger partial charge in [0.2, 0.25) is 5.91 Å². The maximum absolute atomic E-state index is 12.7. The van der Waals surface area contributed by atoms with Gasteiger partial charge in [0.15, 0.2) is 0 Å². The molecular formula is C18H22N2O3S. The zero-order chi connectivity index (χ0) is 17.9. The van der Waals surface area contributed by atoms with Crippen LogP contribution in [0.1, 0.15) is 22.3 Å². The Balaban J connectivity index is 2.25. The summed E-state index contributed by atoms with van der Waals surface area (Å²) in [7, 11) is -2.08. The van der Waals surface area contributed by atoms with Crippen molar-refractivity contribution in [3.8, 4) is 0 Å². The number of benzene rings is 2. The molecule has 0 bridgehead atoms. The van der Waals surface area contributed by atoms with Crippen molar-refractivity contribution < 1.29 is 13.2 Å². The minimum atomic E-state index is -3.66. The zero-order valence-corrected chi connectivity index (χ0v) is 15.1. The summed E-state index contributed by atoms with van der Waals surface area (Å²) in [5.74, 6) is -0.0887. The minimum Gasteiger partial charge on any atom is -0.359 e. The van der Waals surface area contributed by atoms with Gasteiger partial charge in [-0.05, 0) is 49.6 Å². The van der Waals surface area contributed by atoms with Crippen LogP contribution in [-0.4, -0.2) is 21.4 Å². The molecule has 1 amide bonds. The SMILES string of the molecule is CNC(=O)Cc1ccc(NS(=O)(=O)c2c(C)cc(C)cc2C)cc1. The molecule has 0 radical (unpaired) electrons. The molecule has 0 saturated carbocycles. The number of carbonyl (C=O) groups is 1. The van der Waals surface area contributed by atoms with Crippen LogP contribution in [0.4, 0.5) is 5.69 Å². The number of nitrogens with one attached hydrogen (secondary N) is 2. The molecule has 0 saturated heterocycles. The van der Waals surface area contributed by atoms with Crippen LogP contribution >= 0.6 is 0 Å². The first-order valence-corrected chi connectivity index (χ1v) is 9.11. The summed E-state index contributed by atoms with van der Waals surface area (Å²) < 4.78 is 28.0. The second kappa shape index (κ2) is 7.05. The zero-order valence-electron chi connectivity index (χ0n) is 14.3. The molecule has 2 rings (SSSR count). The molecule has 128 valence electrons. The molecule has 5 nitrogen and oxygen atoms in total. The average molecular weight is 346 g/mol. The van der Waals surface area contributed by atoms with Gasteiger partial charge >= 0.3 is 0 Å². The third kappa shape index (κ3) is 4.14. The lowest BCUT2D eigenvalue weighted by Gasteiger charge is -2.14. The molecule has 0 aromatic heterocycles. The molecule has 2 aromatic rings. The van der Waals surface area contributed by atoms with Gasteiger partial charge in [-0.15, -0.1) is 0 Å². The summed E-state index contributed by atoms with van der Waals surface area (Å²) in [4.78, 5) is 11.7. The lowest BCUT2D eigenvalue weighted by Crippen LogP contribution is -2.20. The lowest BCUT2D eigenvalue weighted by molar-refractivity contribution is -0.119. The molecule has 0 spiro atoms. The number of carbonyl (C=O) groups excluding carboxylic acids is 1. The largest absolute Gasteiger partial charge is 0.359 e. The molecule has 0 aliphatic rings. The van der Waals surface area contributed by atoms with Crippen LogP contribution in [0.25, 0.3) is 0 Å². The van der Waals surface area contributed by atoms with Crippen molar-refractivity contribution in [2.24, 2.45) is 0 Å². The van der Waals surface area contributed by atoms with Gasteiger partial charge < -0.3 is 5.32 Å². The van der Waals surface area contributed by atoms with E-state index >= 15 is 0 Å². The van der Waals surface area contributed by atoms with Crippen molar-refractivity contribution in [3.63, 3.8) is 0 Å². The Morgan fingerprint density at radius 3 is 2.04 bits per heavy atom. The van der Waals surface area contributed by atoms with Gasteiger partial charge in [0.05, 0.1) is 11.3 Å². The fourth-order valence-electron chi connectivity index (χ4n) is 2.76. The molecule has 0 aliphatic carbocycles. The first-order valence-electron chi connectivity index (χ1n) is 7.63. The summed E-state index contributed by atoms with van der Waals surface area (Å²) in [5.41, 5.74) is 3.75. The first kappa shape index (κ1) is 18.0. The van der Waals surface area contributed by atoms with Gasteiger partial charge in [-0.25, -0.2) is 8.42 Å². The summed E-state index contributed by atoms with van der Waals surface area (Å²) in [6.45, 7) is 5.52. The molecule has 0 fully saturated rings. The third-order valence-electron chi connectivity index (χ3n) is 3.72. The molecular weight excluding hydrogens is 324 g/mol. The van der Waals surface area contributed by atoms with Crippen molar-refractivity contribution >= 4 is 21.6 Å². The van der Waals surface area contributed by atoms with Gasteiger partial charge in [-0.1, -0.05) is 29.8 Å². The Kier molecular flexibility index (Phi) is 5.29. The highest BCUT2D eigenvalue weighted by molar-refractivity contribution is 7.92. The van der Waals surface area contributed by atoms with E-state index in [0.29, 0.717) is 10.6 Å². The molecule has 2 aromatic carbocycles. The predicted molar refractivity (Wildman–Crippen MR) is 95.7 cm³/mol. The Bertz CT molecular complexity index is 833. The van der Waals surface area contributed by atoms with E-state index in [1.54, 1.807) is 45.2 Å². The normalized spacial score (nSPS) is 11.2. The smallest absolute Gasteiger partial charge is 0.262 e. The lowest BCUT2D eigenvalue weighted by atomic mass is 10.1. The van der Waals surface area contributed by atoms with E-state index in [2.05, 4.69) is 10.0 Å². The number of amides is 1. The van der Waals surface area contributed by atoms with Crippen LogP contribution in [0.5, 0.6) is 0 Å². The van der Waals surface area contributed by atoms with Gasteiger partial charge in [0, 0.05) is 12.7 Å². The Labute approximate surface area is 143 Å². The van der Waals surface area contributed by atoms with E-state index < -0.39 is 10.0 Å². The molecule has 6 heteroatoms. The number of aryl methyl sites for hydroxylation is 3. The average Bonchev–Trinajstić information content (AvgIpc) is 2.47. The molecule has 2 N–H and O–H groups in total. The van der Waals surface area contributed by atoms with E-state index in [1.165, 1.54) is 0 Å². The van der Waals surface area contributed by atoms with Crippen LogP contribution in [0.2, 0.25) is 0 Å². The van der Waals surface area contributed by atoms with Gasteiger partial charge in [-0.2, -0.15) is 0 Å². The second-order valence-corrected chi connectivity index (χ2v) is 7.50. The predicted octanol–water partition coefficient (Wildman–Crippen LogP) is 2.70. The Morgan fingerprint density at radius 2 is 1.54 bits per heavy atom. The molecule has 0 atom stereocenters. The van der Waals surface area contributed by atoms with Crippen LogP contribution in [-0.2, 0) is 21.2 Å². The van der Waals surface area contributed by atoms with Crippen molar-refractivity contribution in [1.82, 2.24) is 5.32 Å². The maximum atomic E-state index is 12.7. The monoisotopic (exact) mass is 346 g/mol. The number of hydrogen-bond donors (Lipinski definition) is 2. The van der Waals surface area contributed by atoms with Gasteiger partial charge in [0.25, 0.3) is 10.0 Å². The molecule has 0 heterocycles. The second-order valence-electron chi connectivity index (χ2n) is 5.88. The standard InChI is InChI=1S/C18H22N2O3S/c1-12-9-13(2)18(14(3)10-12)24(22,23)20-16-7-5-15(6-8-16)11-17(21)19-4/h5-10,20H,11H2,1-4H3,(H,19,21). The number of rotatable bonds is 5. The van der Waals surface area contributed by atoms with Gasteiger partial charge in [0.1, 0.15) is 0 Å². The Hall–Kier alpha value is -2.34. The van der Waals surface area contributed by atoms with E-state index in [9.17, 15) is 13.2 Å². The van der Waals surface area contributed by atoms with Crippen molar-refractivity contribution in [1.29, 1.82) is 0 Å². The fraction of sp³-hybridized carbons (Fsp3) is 0.278. The number of anilines is 1. The van der Waals surface area contributed by atoms with E-state index in [0.717, 1.165) is 22.3 Å². The highest BCUT2D eigenvalue weighted by Crippen LogP contribution is 2.24. The maximum Gasteiger partial charge on any atom is 0.262 e. The van der Waals surface area contributed by atoms with Crippen LogP contribution in [0.3, 0.4) is 0 Å². The summed E-state index contributed by atoms with van der Waals surface area (Å²) in [6.07, 6.45) is 0.264. The quantitative estimate of drug-likeness (QED) is 0.874. The highest BCUT2D eigenvalue weighted by atomic mass is 32.2. The molecule has 0 aliphatic heterocycles. The summed E-state index contributed by atoms with van der Waals surface area (Å²) in [6, 6.07) is 10.5. The van der Waals surface area contributed by atoms with Crippen molar-refractivity contribution in [3.05, 3.63) is 58.7 Å². The van der Waals surface area contributed by atoms with E-state index in [-0.39, 0.29) is 12.3 Å². The summed E-state index contributed by atoms with van der Waals surface area (Å²) in [5, 5.41) is 2.55. The fourth-order valence-corrected chi connectivity index (χ4v) is 4.28. The van der Waals surface area contributed by atoms with Crippen molar-refractivity contribution in [2.75, 3.05) is 11.8 Å². The summed E-state index contributed by atoms with van der Waals surface area (Å²) >= 11 is 0. The van der Waals surface area contributed by atoms with Gasteiger partial charge in [-0.3, -0.25) is 9.52 Å². The van der Waals surface area contributed by atoms with Crippen molar-refractivity contribution in [2.45, 2.75) is 32.1 Å². The molecule has 24 heavy (non-hydrogen) atoms. The Morgan fingerprint density at radius 1 is 1.00 bits per heavy atom. The first-order chi connectivity index (χ1) is 11.2. The number of sulfonamides is 1. The van der Waals surface area contributed by atoms with Crippen LogP contribution < -0.4 is 10.0 Å². The third-order valence-corrected chi connectivity index (χ3v) is 5.41. The highest BCUT2D eigenvalue weighted by Gasteiger charge is 2.20.